The molecular formula is C7H16O3. The number of aliphatic hydroxyl groups is 2. The monoisotopic (exact) mass is 148 g/mol. The fourth-order valence-electron chi connectivity index (χ4n) is 0.690. The standard InChI is InChI=1S/C7H16O3/c1-3-7(9,4-2)10-6-5-8/h8-9H,3-6H2,1-2H3. The van der Waals surface area contributed by atoms with E-state index in [0.29, 0.717) is 12.8 Å². The Morgan fingerprint density at radius 2 is 1.80 bits per heavy atom. The van der Waals surface area contributed by atoms with Crippen molar-refractivity contribution in [2.75, 3.05) is 13.2 Å². The van der Waals surface area contributed by atoms with E-state index in [-0.39, 0.29) is 13.2 Å². The molecule has 0 aliphatic rings. The summed E-state index contributed by atoms with van der Waals surface area (Å²) in [5, 5.41) is 17.8. The molecular weight excluding hydrogens is 132 g/mol. The average Bonchev–Trinajstić information content (AvgIpc) is 2.00. The first-order chi connectivity index (χ1) is 4.68. The Bertz CT molecular complexity index is 78.9. The third-order valence-electron chi connectivity index (χ3n) is 1.57. The SMILES string of the molecule is CCC(O)(CC)OCCO. The Kier molecular flexibility index (Phi) is 4.60. The van der Waals surface area contributed by atoms with E-state index in [2.05, 4.69) is 0 Å². The second-order valence-corrected chi connectivity index (χ2v) is 2.23. The molecule has 0 bridgehead atoms. The first-order valence-corrected chi connectivity index (χ1v) is 3.65. The topological polar surface area (TPSA) is 49.7 Å². The van der Waals surface area contributed by atoms with Crippen LogP contribution >= 0.6 is 0 Å². The summed E-state index contributed by atoms with van der Waals surface area (Å²) < 4.78 is 4.98. The molecule has 0 unspecified atom stereocenters. The largest absolute Gasteiger partial charge is 0.394 e. The van der Waals surface area contributed by atoms with Crippen molar-refractivity contribution in [2.45, 2.75) is 32.5 Å². The lowest BCUT2D eigenvalue weighted by Crippen LogP contribution is -2.31. The molecule has 0 rings (SSSR count). The van der Waals surface area contributed by atoms with Gasteiger partial charge < -0.3 is 14.9 Å². The van der Waals surface area contributed by atoms with Gasteiger partial charge in [0, 0.05) is 0 Å². The maximum atomic E-state index is 9.43. The molecule has 0 aromatic carbocycles. The van der Waals surface area contributed by atoms with Crippen LogP contribution in [0.5, 0.6) is 0 Å². The quantitative estimate of drug-likeness (QED) is 0.558. The fraction of sp³-hybridized carbons (Fsp3) is 1.00. The maximum Gasteiger partial charge on any atom is 0.164 e. The van der Waals surface area contributed by atoms with E-state index in [1.165, 1.54) is 0 Å². The predicted octanol–water partition coefficient (Wildman–Crippen LogP) is 0.504. The lowest BCUT2D eigenvalue weighted by molar-refractivity contribution is -0.210. The van der Waals surface area contributed by atoms with Crippen molar-refractivity contribution in [3.05, 3.63) is 0 Å². The summed E-state index contributed by atoms with van der Waals surface area (Å²) in [6, 6.07) is 0. The summed E-state index contributed by atoms with van der Waals surface area (Å²) in [5.41, 5.74) is 0. The Morgan fingerprint density at radius 1 is 1.30 bits per heavy atom. The summed E-state index contributed by atoms with van der Waals surface area (Å²) >= 11 is 0. The van der Waals surface area contributed by atoms with Crippen LogP contribution in [0.1, 0.15) is 26.7 Å². The van der Waals surface area contributed by atoms with Gasteiger partial charge in [-0.3, -0.25) is 0 Å². The van der Waals surface area contributed by atoms with Gasteiger partial charge in [0.15, 0.2) is 5.79 Å². The average molecular weight is 148 g/mol. The van der Waals surface area contributed by atoms with Gasteiger partial charge >= 0.3 is 0 Å². The fourth-order valence-corrected chi connectivity index (χ4v) is 0.690. The van der Waals surface area contributed by atoms with E-state index in [1.807, 2.05) is 13.8 Å². The molecule has 0 spiro atoms. The third-order valence-corrected chi connectivity index (χ3v) is 1.57. The summed E-state index contributed by atoms with van der Waals surface area (Å²) in [6.45, 7) is 3.86. The normalized spacial score (nSPS) is 12.0. The van der Waals surface area contributed by atoms with Crippen LogP contribution in [0.25, 0.3) is 0 Å². The molecule has 0 aromatic rings. The minimum Gasteiger partial charge on any atom is -0.394 e. The summed E-state index contributed by atoms with van der Waals surface area (Å²) in [7, 11) is 0. The lowest BCUT2D eigenvalue weighted by atomic mass is 10.1. The van der Waals surface area contributed by atoms with Crippen LogP contribution in [0.2, 0.25) is 0 Å². The van der Waals surface area contributed by atoms with Crippen molar-refractivity contribution in [2.24, 2.45) is 0 Å². The molecule has 0 saturated carbocycles. The summed E-state index contributed by atoms with van der Waals surface area (Å²) in [5.74, 6) is -1.03. The molecule has 0 aliphatic carbocycles. The van der Waals surface area contributed by atoms with Gasteiger partial charge in [0.1, 0.15) is 0 Å². The van der Waals surface area contributed by atoms with Crippen molar-refractivity contribution in [3.8, 4) is 0 Å². The van der Waals surface area contributed by atoms with Crippen LogP contribution in [0, 0.1) is 0 Å². The highest BCUT2D eigenvalue weighted by Crippen LogP contribution is 2.15. The van der Waals surface area contributed by atoms with Gasteiger partial charge in [-0.25, -0.2) is 0 Å². The Balaban J connectivity index is 3.58. The zero-order valence-corrected chi connectivity index (χ0v) is 6.63. The first-order valence-electron chi connectivity index (χ1n) is 3.65. The molecule has 3 heteroatoms. The molecule has 0 radical (unpaired) electrons. The maximum absolute atomic E-state index is 9.43. The van der Waals surface area contributed by atoms with Crippen molar-refractivity contribution < 1.29 is 14.9 Å². The number of ether oxygens (including phenoxy) is 1. The molecule has 0 aromatic heterocycles. The molecule has 0 fully saturated rings. The molecule has 3 nitrogen and oxygen atoms in total. The highest BCUT2D eigenvalue weighted by molar-refractivity contribution is 4.60. The summed E-state index contributed by atoms with van der Waals surface area (Å²) in [4.78, 5) is 0. The van der Waals surface area contributed by atoms with E-state index in [9.17, 15) is 5.11 Å². The van der Waals surface area contributed by atoms with Crippen LogP contribution in [-0.2, 0) is 4.74 Å². The van der Waals surface area contributed by atoms with Crippen molar-refractivity contribution in [1.82, 2.24) is 0 Å². The van der Waals surface area contributed by atoms with Crippen LogP contribution in [-0.4, -0.2) is 29.2 Å². The van der Waals surface area contributed by atoms with Gasteiger partial charge in [-0.1, -0.05) is 13.8 Å². The van der Waals surface area contributed by atoms with E-state index in [1.54, 1.807) is 0 Å². The van der Waals surface area contributed by atoms with Crippen molar-refractivity contribution in [1.29, 1.82) is 0 Å². The number of aliphatic hydroxyl groups excluding tert-OH is 1. The van der Waals surface area contributed by atoms with E-state index in [0.717, 1.165) is 0 Å². The minimum absolute atomic E-state index is 0.0394. The molecule has 10 heavy (non-hydrogen) atoms. The van der Waals surface area contributed by atoms with E-state index in [4.69, 9.17) is 9.84 Å². The Morgan fingerprint density at radius 3 is 2.10 bits per heavy atom. The molecule has 2 N–H and O–H groups in total. The second kappa shape index (κ2) is 4.66. The van der Waals surface area contributed by atoms with Gasteiger partial charge in [-0.2, -0.15) is 0 Å². The Hall–Kier alpha value is -0.120. The van der Waals surface area contributed by atoms with Gasteiger partial charge in [-0.05, 0) is 12.8 Å². The van der Waals surface area contributed by atoms with E-state index >= 15 is 0 Å². The molecule has 0 amide bonds. The van der Waals surface area contributed by atoms with Crippen molar-refractivity contribution in [3.63, 3.8) is 0 Å². The highest BCUT2D eigenvalue weighted by atomic mass is 16.6. The smallest absolute Gasteiger partial charge is 0.164 e. The van der Waals surface area contributed by atoms with Crippen LogP contribution in [0.3, 0.4) is 0 Å². The molecule has 62 valence electrons. The number of hydrogen-bond donors (Lipinski definition) is 2. The molecule has 0 aliphatic heterocycles. The van der Waals surface area contributed by atoms with Crippen LogP contribution in [0.15, 0.2) is 0 Å². The van der Waals surface area contributed by atoms with Gasteiger partial charge in [0.05, 0.1) is 13.2 Å². The minimum atomic E-state index is -1.03. The zero-order chi connectivity index (χ0) is 8.04. The van der Waals surface area contributed by atoms with Crippen molar-refractivity contribution >= 4 is 0 Å². The van der Waals surface area contributed by atoms with Gasteiger partial charge in [-0.15, -0.1) is 0 Å². The van der Waals surface area contributed by atoms with E-state index < -0.39 is 5.79 Å². The number of rotatable bonds is 5. The lowest BCUT2D eigenvalue weighted by Gasteiger charge is -2.24. The van der Waals surface area contributed by atoms with Gasteiger partial charge in [0.25, 0.3) is 0 Å². The molecule has 0 atom stereocenters. The molecule has 0 saturated heterocycles. The van der Waals surface area contributed by atoms with Gasteiger partial charge in [0.2, 0.25) is 0 Å². The first kappa shape index (κ1) is 9.88. The third kappa shape index (κ3) is 3.15. The molecule has 0 heterocycles. The van der Waals surface area contributed by atoms with Crippen LogP contribution < -0.4 is 0 Å². The predicted molar refractivity (Wildman–Crippen MR) is 38.6 cm³/mol. The highest BCUT2D eigenvalue weighted by Gasteiger charge is 2.21. The second-order valence-electron chi connectivity index (χ2n) is 2.23. The Labute approximate surface area is 61.6 Å². The van der Waals surface area contributed by atoms with Crippen LogP contribution in [0.4, 0.5) is 0 Å². The number of hydrogen-bond acceptors (Lipinski definition) is 3. The zero-order valence-electron chi connectivity index (χ0n) is 6.63. The summed E-state index contributed by atoms with van der Waals surface area (Å²) in [6.07, 6.45) is 1.12.